The zero-order valence-corrected chi connectivity index (χ0v) is 31.4. The van der Waals surface area contributed by atoms with Gasteiger partial charge in [0, 0.05) is 36.0 Å². The van der Waals surface area contributed by atoms with Gasteiger partial charge in [0.1, 0.15) is 0 Å². The fourth-order valence-corrected chi connectivity index (χ4v) is 8.59. The Balaban J connectivity index is 0.000000142. The average Bonchev–Trinajstić information content (AvgIpc) is 3.75. The quantitative estimate of drug-likeness (QED) is 0.163. The fraction of sp³-hybridized carbons (Fsp3) is 0.133. The number of benzene rings is 5. The van der Waals surface area contributed by atoms with Crippen molar-refractivity contribution in [3.8, 4) is 44.1 Å². The predicted molar refractivity (Wildman–Crippen MR) is 203 cm³/mol. The average molecular weight is 840 g/mol. The molecule has 0 N–H and O–H groups in total. The van der Waals surface area contributed by atoms with Crippen molar-refractivity contribution in [1.82, 2.24) is 15.0 Å². The first-order valence-electron chi connectivity index (χ1n) is 16.7. The van der Waals surface area contributed by atoms with E-state index in [2.05, 4.69) is 136 Å². The third kappa shape index (κ3) is 5.15. The van der Waals surface area contributed by atoms with Crippen molar-refractivity contribution in [2.45, 2.75) is 38.5 Å². The Bertz CT molecular complexity index is 2550. The molecule has 5 heteroatoms. The summed E-state index contributed by atoms with van der Waals surface area (Å²) in [5, 5.41) is 1.05. The van der Waals surface area contributed by atoms with Gasteiger partial charge >= 0.3 is 0 Å². The van der Waals surface area contributed by atoms with Gasteiger partial charge in [-0.25, -0.2) is 0 Å². The second-order valence-electron chi connectivity index (χ2n) is 13.9. The van der Waals surface area contributed by atoms with Crippen molar-refractivity contribution < 1.29 is 20.1 Å². The number of para-hydroxylation sites is 1. The van der Waals surface area contributed by atoms with Crippen molar-refractivity contribution in [1.29, 1.82) is 0 Å². The SMILES string of the molecule is CC1(C)c2ccccc2-c2c[c-]c(-c3ccc4ncccc4n3)cc21.CC1(C)c2ccccc2-c2c[c-]c(-c3nc4ccccc4s3)cc21.[Ir]. The molecule has 3 aromatic heterocycles. The first-order valence-corrected chi connectivity index (χ1v) is 17.5. The molecular formula is C45H33IrN3S-2. The van der Waals surface area contributed by atoms with Gasteiger partial charge in [-0.1, -0.05) is 117 Å². The van der Waals surface area contributed by atoms with E-state index in [0.717, 1.165) is 38.4 Å². The van der Waals surface area contributed by atoms with Gasteiger partial charge in [0.25, 0.3) is 0 Å². The Hall–Kier alpha value is -4.80. The summed E-state index contributed by atoms with van der Waals surface area (Å²) in [5.74, 6) is 0. The first kappa shape index (κ1) is 32.4. The number of rotatable bonds is 2. The maximum absolute atomic E-state index is 4.79. The van der Waals surface area contributed by atoms with Crippen molar-refractivity contribution in [3.63, 3.8) is 0 Å². The van der Waals surface area contributed by atoms with Gasteiger partial charge in [-0.3, -0.25) is 15.0 Å². The Morgan fingerprint density at radius 3 is 1.78 bits per heavy atom. The van der Waals surface area contributed by atoms with Crippen molar-refractivity contribution >= 4 is 32.6 Å². The van der Waals surface area contributed by atoms with Crippen LogP contribution in [-0.4, -0.2) is 15.0 Å². The van der Waals surface area contributed by atoms with Gasteiger partial charge in [0.15, 0.2) is 0 Å². The first-order chi connectivity index (χ1) is 23.8. The van der Waals surface area contributed by atoms with E-state index in [1.807, 2.05) is 30.3 Å². The summed E-state index contributed by atoms with van der Waals surface area (Å²) in [5.41, 5.74) is 16.7. The van der Waals surface area contributed by atoms with Crippen LogP contribution in [0.25, 0.3) is 65.3 Å². The molecule has 2 aliphatic rings. The third-order valence-corrected chi connectivity index (χ3v) is 11.4. The van der Waals surface area contributed by atoms with E-state index in [4.69, 9.17) is 9.97 Å². The second kappa shape index (κ2) is 12.2. The summed E-state index contributed by atoms with van der Waals surface area (Å²) >= 11 is 1.74. The maximum atomic E-state index is 4.79. The number of fused-ring (bicyclic) bond motifs is 8. The number of aromatic nitrogens is 3. The molecule has 1 radical (unpaired) electrons. The molecule has 5 aromatic carbocycles. The van der Waals surface area contributed by atoms with Crippen LogP contribution in [0.2, 0.25) is 0 Å². The zero-order chi connectivity index (χ0) is 33.3. The van der Waals surface area contributed by atoms with Crippen LogP contribution in [0.15, 0.2) is 128 Å². The third-order valence-electron chi connectivity index (χ3n) is 10.3. The monoisotopic (exact) mass is 840 g/mol. The molecule has 50 heavy (non-hydrogen) atoms. The molecule has 0 saturated heterocycles. The minimum Gasteiger partial charge on any atom is -0.295 e. The van der Waals surface area contributed by atoms with Gasteiger partial charge in [0.2, 0.25) is 0 Å². The molecule has 0 aliphatic heterocycles. The smallest absolute Gasteiger partial charge is 0.0869 e. The van der Waals surface area contributed by atoms with E-state index in [9.17, 15) is 0 Å². The fourth-order valence-electron chi connectivity index (χ4n) is 7.64. The molecule has 0 amide bonds. The molecule has 0 atom stereocenters. The van der Waals surface area contributed by atoms with Gasteiger partial charge in [0.05, 0.1) is 16.6 Å². The van der Waals surface area contributed by atoms with Crippen molar-refractivity contribution in [2.75, 3.05) is 0 Å². The molecule has 8 aromatic rings. The minimum absolute atomic E-state index is 0. The van der Waals surface area contributed by atoms with Gasteiger partial charge in [-0.15, -0.1) is 58.7 Å². The van der Waals surface area contributed by atoms with Crippen LogP contribution >= 0.6 is 11.3 Å². The molecule has 0 bridgehead atoms. The van der Waals surface area contributed by atoms with Crippen LogP contribution in [0.3, 0.4) is 0 Å². The molecular weight excluding hydrogens is 807 g/mol. The van der Waals surface area contributed by atoms with E-state index in [0.29, 0.717) is 0 Å². The van der Waals surface area contributed by atoms with E-state index < -0.39 is 0 Å². The van der Waals surface area contributed by atoms with Gasteiger partial charge in [-0.2, -0.15) is 11.3 Å². The van der Waals surface area contributed by atoms with Crippen LogP contribution in [0.4, 0.5) is 0 Å². The predicted octanol–water partition coefficient (Wildman–Crippen LogP) is 11.5. The van der Waals surface area contributed by atoms with E-state index >= 15 is 0 Å². The molecule has 0 unspecified atom stereocenters. The van der Waals surface area contributed by atoms with E-state index in [1.54, 1.807) is 17.5 Å². The van der Waals surface area contributed by atoms with Crippen LogP contribution in [0, 0.1) is 12.1 Å². The van der Waals surface area contributed by atoms with Crippen LogP contribution in [0.5, 0.6) is 0 Å². The van der Waals surface area contributed by atoms with Crippen LogP contribution < -0.4 is 0 Å². The molecule has 2 aliphatic carbocycles. The van der Waals surface area contributed by atoms with Crippen molar-refractivity contribution in [2.24, 2.45) is 0 Å². The second-order valence-corrected chi connectivity index (χ2v) is 14.9. The number of hydrogen-bond acceptors (Lipinski definition) is 4. The molecule has 245 valence electrons. The Labute approximate surface area is 310 Å². The molecule has 10 rings (SSSR count). The van der Waals surface area contributed by atoms with Gasteiger partial charge in [-0.05, 0) is 58.0 Å². The van der Waals surface area contributed by atoms with Crippen LogP contribution in [-0.2, 0) is 30.9 Å². The Morgan fingerprint density at radius 1 is 0.520 bits per heavy atom. The molecule has 3 nitrogen and oxygen atoms in total. The number of hydrogen-bond donors (Lipinski definition) is 0. The Kier molecular flexibility index (Phi) is 7.91. The Morgan fingerprint density at radius 2 is 1.10 bits per heavy atom. The van der Waals surface area contributed by atoms with E-state index in [-0.39, 0.29) is 30.9 Å². The summed E-state index contributed by atoms with van der Waals surface area (Å²) in [6, 6.07) is 49.4. The van der Waals surface area contributed by atoms with Crippen molar-refractivity contribution in [3.05, 3.63) is 162 Å². The zero-order valence-electron chi connectivity index (χ0n) is 28.2. The topological polar surface area (TPSA) is 38.7 Å². The van der Waals surface area contributed by atoms with Gasteiger partial charge < -0.3 is 0 Å². The normalized spacial score (nSPS) is 14.2. The molecule has 3 heterocycles. The molecule has 0 saturated carbocycles. The largest absolute Gasteiger partial charge is 0.295 e. The summed E-state index contributed by atoms with van der Waals surface area (Å²) in [6.07, 6.45) is 1.80. The number of pyridine rings is 2. The molecule has 0 fully saturated rings. The van der Waals surface area contributed by atoms with E-state index in [1.165, 1.54) is 49.2 Å². The van der Waals surface area contributed by atoms with Crippen LogP contribution in [0.1, 0.15) is 49.9 Å². The summed E-state index contributed by atoms with van der Waals surface area (Å²) < 4.78 is 1.23. The maximum Gasteiger partial charge on any atom is 0.0869 e. The minimum atomic E-state index is -0.00577. The number of thiazole rings is 1. The standard InChI is InChI=1S/C23H17N2.C22H16NS.Ir/c1-23(2)18-7-4-3-6-16(18)17-10-9-15(14-19(17)23)20-11-12-21-22(25-20)8-5-13-24-21;1-22(2)17-8-4-3-7-15(17)16-12-11-14(13-18(16)22)21-23-19-9-5-6-10-20(19)24-21;/h3-8,10-14H,1-2H3;3-10,12-13H,1-2H3;/q2*-1;. The summed E-state index contributed by atoms with van der Waals surface area (Å²) in [6.45, 7) is 9.19. The summed E-state index contributed by atoms with van der Waals surface area (Å²) in [4.78, 5) is 13.9. The summed E-state index contributed by atoms with van der Waals surface area (Å²) in [7, 11) is 0. The molecule has 0 spiro atoms. The number of nitrogens with zero attached hydrogens (tertiary/aromatic N) is 3.